The molecule has 0 bridgehead atoms. The Morgan fingerprint density at radius 2 is 1.79 bits per heavy atom. The van der Waals surface area contributed by atoms with Crippen LogP contribution in [-0.2, 0) is 0 Å². The predicted molar refractivity (Wildman–Crippen MR) is 62.3 cm³/mol. The SMILES string of the molecule is CC=C1C(=CC)C(C)c2ccccc21. The summed E-state index contributed by atoms with van der Waals surface area (Å²) in [6.07, 6.45) is 4.46. The van der Waals surface area contributed by atoms with Gasteiger partial charge in [0.25, 0.3) is 0 Å². The maximum absolute atomic E-state index is 2.28. The van der Waals surface area contributed by atoms with Crippen LogP contribution >= 0.6 is 0 Å². The lowest BCUT2D eigenvalue weighted by Gasteiger charge is -2.05. The zero-order valence-electron chi connectivity index (χ0n) is 9.04. The van der Waals surface area contributed by atoms with Gasteiger partial charge in [-0.15, -0.1) is 0 Å². The minimum Gasteiger partial charge on any atom is -0.0832 e. The molecule has 0 radical (unpaired) electrons. The molecule has 0 saturated carbocycles. The molecule has 72 valence electrons. The predicted octanol–water partition coefficient (Wildman–Crippen LogP) is 4.15. The largest absolute Gasteiger partial charge is 0.0832 e. The van der Waals surface area contributed by atoms with Gasteiger partial charge in [-0.25, -0.2) is 0 Å². The summed E-state index contributed by atoms with van der Waals surface area (Å²) in [7, 11) is 0. The van der Waals surface area contributed by atoms with Crippen LogP contribution in [0.25, 0.3) is 5.57 Å². The molecule has 14 heavy (non-hydrogen) atoms. The van der Waals surface area contributed by atoms with Crippen LogP contribution in [0.3, 0.4) is 0 Å². The average Bonchev–Trinajstić information content (AvgIpc) is 2.51. The van der Waals surface area contributed by atoms with Gasteiger partial charge in [-0.1, -0.05) is 43.3 Å². The molecular weight excluding hydrogens is 168 g/mol. The molecule has 1 aliphatic rings. The molecule has 0 nitrogen and oxygen atoms in total. The van der Waals surface area contributed by atoms with Gasteiger partial charge >= 0.3 is 0 Å². The smallest absolute Gasteiger partial charge is 0.00699 e. The highest BCUT2D eigenvalue weighted by atomic mass is 14.3. The molecule has 1 aromatic rings. The summed E-state index contributed by atoms with van der Waals surface area (Å²) in [6.45, 7) is 6.53. The van der Waals surface area contributed by atoms with Crippen LogP contribution in [0.2, 0.25) is 0 Å². The van der Waals surface area contributed by atoms with Gasteiger partial charge in [0.05, 0.1) is 0 Å². The number of rotatable bonds is 0. The van der Waals surface area contributed by atoms with Crippen molar-refractivity contribution in [3.8, 4) is 0 Å². The first-order valence-corrected chi connectivity index (χ1v) is 5.21. The number of allylic oxidation sites excluding steroid dienone is 4. The van der Waals surface area contributed by atoms with Gasteiger partial charge in [0.2, 0.25) is 0 Å². The molecule has 1 atom stereocenters. The van der Waals surface area contributed by atoms with E-state index in [0.29, 0.717) is 5.92 Å². The van der Waals surface area contributed by atoms with E-state index in [2.05, 4.69) is 57.2 Å². The van der Waals surface area contributed by atoms with E-state index in [1.165, 1.54) is 22.3 Å². The van der Waals surface area contributed by atoms with E-state index in [4.69, 9.17) is 0 Å². The van der Waals surface area contributed by atoms with Crippen LogP contribution in [0.5, 0.6) is 0 Å². The molecule has 0 aromatic heterocycles. The van der Waals surface area contributed by atoms with Crippen molar-refractivity contribution in [1.82, 2.24) is 0 Å². The molecule has 0 spiro atoms. The first kappa shape index (κ1) is 9.26. The van der Waals surface area contributed by atoms with E-state index in [9.17, 15) is 0 Å². The van der Waals surface area contributed by atoms with Crippen molar-refractivity contribution in [2.24, 2.45) is 0 Å². The average molecular weight is 184 g/mol. The summed E-state index contributed by atoms with van der Waals surface area (Å²) in [5, 5.41) is 0. The molecule has 1 aromatic carbocycles. The van der Waals surface area contributed by atoms with Gasteiger partial charge in [-0.05, 0) is 36.1 Å². The molecule has 0 fully saturated rings. The van der Waals surface area contributed by atoms with Crippen molar-refractivity contribution in [1.29, 1.82) is 0 Å². The molecule has 2 rings (SSSR count). The van der Waals surface area contributed by atoms with E-state index in [1.54, 1.807) is 0 Å². The van der Waals surface area contributed by atoms with Gasteiger partial charge < -0.3 is 0 Å². The fraction of sp³-hybridized carbons (Fsp3) is 0.286. The summed E-state index contributed by atoms with van der Waals surface area (Å²) in [6, 6.07) is 8.70. The Morgan fingerprint density at radius 1 is 1.07 bits per heavy atom. The van der Waals surface area contributed by atoms with Crippen LogP contribution in [0, 0.1) is 0 Å². The Bertz CT molecular complexity index is 408. The first-order chi connectivity index (χ1) is 6.79. The molecule has 0 heterocycles. The molecular formula is C14H16. The zero-order valence-corrected chi connectivity index (χ0v) is 9.04. The molecule has 0 saturated heterocycles. The third-order valence-electron chi connectivity index (χ3n) is 3.09. The van der Waals surface area contributed by atoms with E-state index in [0.717, 1.165) is 0 Å². The van der Waals surface area contributed by atoms with Gasteiger partial charge in [-0.3, -0.25) is 0 Å². The second kappa shape index (κ2) is 3.45. The number of hydrogen-bond donors (Lipinski definition) is 0. The number of hydrogen-bond acceptors (Lipinski definition) is 0. The summed E-state index contributed by atoms with van der Waals surface area (Å²) >= 11 is 0. The van der Waals surface area contributed by atoms with Crippen molar-refractivity contribution in [3.63, 3.8) is 0 Å². The highest BCUT2D eigenvalue weighted by Crippen LogP contribution is 2.44. The van der Waals surface area contributed by atoms with Crippen LogP contribution < -0.4 is 0 Å². The zero-order chi connectivity index (χ0) is 10.1. The minimum absolute atomic E-state index is 0.558. The summed E-state index contributed by atoms with van der Waals surface area (Å²) in [4.78, 5) is 0. The lowest BCUT2D eigenvalue weighted by Crippen LogP contribution is -1.87. The van der Waals surface area contributed by atoms with Gasteiger partial charge in [-0.2, -0.15) is 0 Å². The molecule has 1 unspecified atom stereocenters. The number of fused-ring (bicyclic) bond motifs is 1. The highest BCUT2D eigenvalue weighted by molar-refractivity contribution is 5.87. The molecule has 1 aliphatic carbocycles. The van der Waals surface area contributed by atoms with Crippen molar-refractivity contribution in [2.75, 3.05) is 0 Å². The van der Waals surface area contributed by atoms with Gasteiger partial charge in [0, 0.05) is 5.92 Å². The fourth-order valence-corrected chi connectivity index (χ4v) is 2.40. The minimum atomic E-state index is 0.558. The lowest BCUT2D eigenvalue weighted by molar-refractivity contribution is 0.955. The van der Waals surface area contributed by atoms with Crippen molar-refractivity contribution in [3.05, 3.63) is 53.1 Å². The Kier molecular flexibility index (Phi) is 2.28. The van der Waals surface area contributed by atoms with Gasteiger partial charge in [0.1, 0.15) is 0 Å². The maximum atomic E-state index is 2.28. The van der Waals surface area contributed by atoms with E-state index < -0.39 is 0 Å². The summed E-state index contributed by atoms with van der Waals surface area (Å²) in [5.41, 5.74) is 5.76. The second-order valence-corrected chi connectivity index (χ2v) is 3.76. The Balaban J connectivity index is 2.67. The quantitative estimate of drug-likeness (QED) is 0.568. The van der Waals surface area contributed by atoms with E-state index in [-0.39, 0.29) is 0 Å². The highest BCUT2D eigenvalue weighted by Gasteiger charge is 2.26. The summed E-state index contributed by atoms with van der Waals surface area (Å²) < 4.78 is 0. The topological polar surface area (TPSA) is 0 Å². The van der Waals surface area contributed by atoms with E-state index in [1.807, 2.05) is 0 Å². The Labute approximate surface area is 86.0 Å². The van der Waals surface area contributed by atoms with Crippen LogP contribution in [0.15, 0.2) is 42.0 Å². The Morgan fingerprint density at radius 3 is 2.43 bits per heavy atom. The number of benzene rings is 1. The molecule has 0 N–H and O–H groups in total. The van der Waals surface area contributed by atoms with Crippen LogP contribution in [-0.4, -0.2) is 0 Å². The summed E-state index contributed by atoms with van der Waals surface area (Å²) in [5.74, 6) is 0.558. The van der Waals surface area contributed by atoms with E-state index >= 15 is 0 Å². The normalized spacial score (nSPS) is 25.8. The van der Waals surface area contributed by atoms with Crippen molar-refractivity contribution < 1.29 is 0 Å². The Hall–Kier alpha value is -1.30. The monoisotopic (exact) mass is 184 g/mol. The van der Waals surface area contributed by atoms with Gasteiger partial charge in [0.15, 0.2) is 0 Å². The fourth-order valence-electron chi connectivity index (χ4n) is 2.40. The molecule has 0 aliphatic heterocycles. The van der Waals surface area contributed by atoms with Crippen molar-refractivity contribution in [2.45, 2.75) is 26.7 Å². The third kappa shape index (κ3) is 1.14. The molecule has 0 amide bonds. The second-order valence-electron chi connectivity index (χ2n) is 3.76. The van der Waals surface area contributed by atoms with Crippen molar-refractivity contribution >= 4 is 5.57 Å². The standard InChI is InChI=1S/C14H16/c1-4-11-10(3)13-8-6-7-9-14(13)12(11)5-2/h4-10H,1-3H3. The third-order valence-corrected chi connectivity index (χ3v) is 3.09. The maximum Gasteiger partial charge on any atom is 0.00699 e. The molecule has 0 heteroatoms. The first-order valence-electron chi connectivity index (χ1n) is 5.21. The van der Waals surface area contributed by atoms with Crippen LogP contribution in [0.1, 0.15) is 37.8 Å². The van der Waals surface area contributed by atoms with Crippen LogP contribution in [0.4, 0.5) is 0 Å². The lowest BCUT2D eigenvalue weighted by atomic mass is 9.99.